The highest BCUT2D eigenvalue weighted by Crippen LogP contribution is 2.16. The third-order valence-corrected chi connectivity index (χ3v) is 8.63. The molecule has 0 fully saturated rings. The Morgan fingerprint density at radius 3 is 1.14 bits per heavy atom. The van der Waals surface area contributed by atoms with Gasteiger partial charge in [0.05, 0.1) is 0 Å². The SMILES string of the molecule is CCCCCCCCCCCCCCCCC(=O)OC[C@H](O)COC(=O)CCCCCCCCCCCCC(C)CC. The summed E-state index contributed by atoms with van der Waals surface area (Å²) in [5, 5.41) is 9.98. The molecular weight excluding hydrogens is 524 g/mol. The second-order valence-electron chi connectivity index (χ2n) is 13.0. The third-order valence-electron chi connectivity index (χ3n) is 8.63. The largest absolute Gasteiger partial charge is 0.463 e. The Labute approximate surface area is 261 Å². The summed E-state index contributed by atoms with van der Waals surface area (Å²) in [6, 6.07) is 0. The first kappa shape index (κ1) is 40.9. The normalized spacial score (nSPS) is 12.8. The summed E-state index contributed by atoms with van der Waals surface area (Å²) in [6.45, 7) is 6.68. The fourth-order valence-corrected chi connectivity index (χ4v) is 5.42. The molecule has 0 rings (SSSR count). The van der Waals surface area contributed by atoms with Gasteiger partial charge >= 0.3 is 11.9 Å². The van der Waals surface area contributed by atoms with Gasteiger partial charge < -0.3 is 14.6 Å². The molecule has 0 saturated carbocycles. The molecule has 2 atom stereocenters. The first-order valence-corrected chi connectivity index (χ1v) is 18.5. The van der Waals surface area contributed by atoms with E-state index in [0.717, 1.165) is 31.6 Å². The highest BCUT2D eigenvalue weighted by molar-refractivity contribution is 5.69. The summed E-state index contributed by atoms with van der Waals surface area (Å²) >= 11 is 0. The van der Waals surface area contributed by atoms with Crippen molar-refractivity contribution in [2.45, 2.75) is 207 Å². The molecule has 1 N–H and O–H groups in total. The van der Waals surface area contributed by atoms with Gasteiger partial charge in [-0.15, -0.1) is 0 Å². The lowest BCUT2D eigenvalue weighted by molar-refractivity contribution is -0.152. The van der Waals surface area contributed by atoms with Gasteiger partial charge in [0.15, 0.2) is 0 Å². The summed E-state index contributed by atoms with van der Waals surface area (Å²) in [7, 11) is 0. The molecule has 0 spiro atoms. The van der Waals surface area contributed by atoms with Crippen LogP contribution < -0.4 is 0 Å². The van der Waals surface area contributed by atoms with Crippen molar-refractivity contribution in [2.75, 3.05) is 13.2 Å². The van der Waals surface area contributed by atoms with Crippen LogP contribution in [0.2, 0.25) is 0 Å². The summed E-state index contributed by atoms with van der Waals surface area (Å²) in [5.41, 5.74) is 0. The van der Waals surface area contributed by atoms with Crippen molar-refractivity contribution in [3.8, 4) is 0 Å². The highest BCUT2D eigenvalue weighted by Gasteiger charge is 2.12. The minimum atomic E-state index is -0.954. The van der Waals surface area contributed by atoms with Gasteiger partial charge in [-0.05, 0) is 18.8 Å². The monoisotopic (exact) mass is 597 g/mol. The van der Waals surface area contributed by atoms with E-state index in [1.54, 1.807) is 0 Å². The molecule has 0 amide bonds. The van der Waals surface area contributed by atoms with E-state index in [1.807, 2.05) is 0 Å². The zero-order valence-corrected chi connectivity index (χ0v) is 28.4. The summed E-state index contributed by atoms with van der Waals surface area (Å²) in [4.78, 5) is 23.8. The van der Waals surface area contributed by atoms with Crippen LogP contribution in [0.15, 0.2) is 0 Å². The predicted octanol–water partition coefficient (Wildman–Crippen LogP) is 11.0. The molecule has 0 aromatic rings. The average molecular weight is 597 g/mol. The first-order chi connectivity index (χ1) is 20.5. The molecule has 0 bridgehead atoms. The standard InChI is InChI=1S/C37H72O5/c1-4-6-7-8-9-10-11-12-13-14-18-21-24-27-30-36(39)41-32-35(38)33-42-37(40)31-28-25-22-19-16-15-17-20-23-26-29-34(3)5-2/h34-35,38H,4-33H2,1-3H3/t34?,35-/m0/s1. The lowest BCUT2D eigenvalue weighted by Gasteiger charge is -2.12. The van der Waals surface area contributed by atoms with Gasteiger partial charge in [-0.25, -0.2) is 0 Å². The molecule has 0 aliphatic heterocycles. The molecule has 0 aromatic carbocycles. The van der Waals surface area contributed by atoms with Crippen molar-refractivity contribution in [3.63, 3.8) is 0 Å². The first-order valence-electron chi connectivity index (χ1n) is 18.5. The van der Waals surface area contributed by atoms with Crippen LogP contribution in [-0.2, 0) is 19.1 Å². The van der Waals surface area contributed by atoms with E-state index in [0.29, 0.717) is 12.8 Å². The molecule has 0 saturated heterocycles. The van der Waals surface area contributed by atoms with Crippen LogP contribution in [0.1, 0.15) is 201 Å². The molecule has 0 aliphatic rings. The van der Waals surface area contributed by atoms with Gasteiger partial charge in [0, 0.05) is 12.8 Å². The maximum atomic E-state index is 11.9. The number of hydrogen-bond acceptors (Lipinski definition) is 5. The number of unbranched alkanes of at least 4 members (excludes halogenated alkanes) is 22. The Kier molecular flexibility index (Phi) is 31.9. The van der Waals surface area contributed by atoms with E-state index in [-0.39, 0.29) is 25.2 Å². The smallest absolute Gasteiger partial charge is 0.305 e. The van der Waals surface area contributed by atoms with Crippen LogP contribution in [-0.4, -0.2) is 36.4 Å². The van der Waals surface area contributed by atoms with Crippen LogP contribution >= 0.6 is 0 Å². The third kappa shape index (κ3) is 31.8. The maximum absolute atomic E-state index is 11.9. The molecule has 42 heavy (non-hydrogen) atoms. The number of ether oxygens (including phenoxy) is 2. The number of hydrogen-bond donors (Lipinski definition) is 1. The average Bonchev–Trinajstić information content (AvgIpc) is 2.99. The van der Waals surface area contributed by atoms with Gasteiger partial charge in [0.25, 0.3) is 0 Å². The fourth-order valence-electron chi connectivity index (χ4n) is 5.42. The molecule has 1 unspecified atom stereocenters. The van der Waals surface area contributed by atoms with Gasteiger partial charge in [-0.3, -0.25) is 9.59 Å². The van der Waals surface area contributed by atoms with Crippen molar-refractivity contribution >= 4 is 11.9 Å². The maximum Gasteiger partial charge on any atom is 0.305 e. The number of carbonyl (C=O) groups is 2. The molecule has 5 nitrogen and oxygen atoms in total. The van der Waals surface area contributed by atoms with Crippen LogP contribution in [0, 0.1) is 5.92 Å². The van der Waals surface area contributed by atoms with E-state index in [9.17, 15) is 14.7 Å². The van der Waals surface area contributed by atoms with Crippen LogP contribution in [0.5, 0.6) is 0 Å². The molecular formula is C37H72O5. The summed E-state index contributed by atoms with van der Waals surface area (Å²) in [6.07, 6.45) is 32.9. The molecule has 0 heterocycles. The van der Waals surface area contributed by atoms with Crippen molar-refractivity contribution in [3.05, 3.63) is 0 Å². The molecule has 0 aromatic heterocycles. The topological polar surface area (TPSA) is 72.8 Å². The lowest BCUT2D eigenvalue weighted by Crippen LogP contribution is -2.25. The van der Waals surface area contributed by atoms with Crippen molar-refractivity contribution < 1.29 is 24.2 Å². The van der Waals surface area contributed by atoms with Crippen LogP contribution in [0.4, 0.5) is 0 Å². The van der Waals surface area contributed by atoms with Crippen molar-refractivity contribution in [1.82, 2.24) is 0 Å². The lowest BCUT2D eigenvalue weighted by atomic mass is 9.99. The molecule has 0 aliphatic carbocycles. The number of carbonyl (C=O) groups excluding carboxylic acids is 2. The summed E-state index contributed by atoms with van der Waals surface area (Å²) in [5.74, 6) is 0.326. The van der Waals surface area contributed by atoms with Crippen molar-refractivity contribution in [2.24, 2.45) is 5.92 Å². The second-order valence-corrected chi connectivity index (χ2v) is 13.0. The van der Waals surface area contributed by atoms with Crippen LogP contribution in [0.25, 0.3) is 0 Å². The predicted molar refractivity (Wildman–Crippen MR) is 178 cm³/mol. The van der Waals surface area contributed by atoms with E-state index >= 15 is 0 Å². The Balaban J connectivity index is 3.40. The highest BCUT2D eigenvalue weighted by atomic mass is 16.6. The Morgan fingerprint density at radius 2 is 0.810 bits per heavy atom. The second kappa shape index (κ2) is 32.8. The zero-order chi connectivity index (χ0) is 30.9. The van der Waals surface area contributed by atoms with Gasteiger partial charge in [-0.1, -0.05) is 175 Å². The number of esters is 2. The van der Waals surface area contributed by atoms with Gasteiger partial charge in [0.1, 0.15) is 19.3 Å². The Hall–Kier alpha value is -1.10. The number of aliphatic hydroxyl groups excluding tert-OH is 1. The fraction of sp³-hybridized carbons (Fsp3) is 0.946. The van der Waals surface area contributed by atoms with E-state index in [4.69, 9.17) is 9.47 Å². The quantitative estimate of drug-likeness (QED) is 0.0602. The van der Waals surface area contributed by atoms with Gasteiger partial charge in [-0.2, -0.15) is 0 Å². The van der Waals surface area contributed by atoms with Gasteiger partial charge in [0.2, 0.25) is 0 Å². The Bertz CT molecular complexity index is 579. The van der Waals surface area contributed by atoms with Crippen molar-refractivity contribution in [1.29, 1.82) is 0 Å². The Morgan fingerprint density at radius 1 is 0.500 bits per heavy atom. The van der Waals surface area contributed by atoms with E-state index < -0.39 is 6.10 Å². The molecule has 5 heteroatoms. The summed E-state index contributed by atoms with van der Waals surface area (Å²) < 4.78 is 10.3. The zero-order valence-electron chi connectivity index (χ0n) is 28.4. The molecule has 250 valence electrons. The van der Waals surface area contributed by atoms with E-state index in [2.05, 4.69) is 20.8 Å². The van der Waals surface area contributed by atoms with Crippen LogP contribution in [0.3, 0.4) is 0 Å². The van der Waals surface area contributed by atoms with E-state index in [1.165, 1.54) is 141 Å². The molecule has 0 radical (unpaired) electrons. The number of rotatable bonds is 33. The minimum Gasteiger partial charge on any atom is -0.463 e. The minimum absolute atomic E-state index is 0.109. The number of aliphatic hydroxyl groups is 1.